The van der Waals surface area contributed by atoms with Gasteiger partial charge in [0.1, 0.15) is 13.2 Å². The van der Waals surface area contributed by atoms with Gasteiger partial charge < -0.3 is 28.8 Å². The lowest BCUT2D eigenvalue weighted by Crippen LogP contribution is -2.45. The van der Waals surface area contributed by atoms with Crippen LogP contribution < -0.4 is 10.2 Å². The third kappa shape index (κ3) is 54.0. The number of aliphatic hydroxyl groups excluding tert-OH is 1. The average Bonchev–Trinajstić information content (AvgIpc) is 3.32. The van der Waals surface area contributed by atoms with Crippen molar-refractivity contribution in [3.8, 4) is 0 Å². The van der Waals surface area contributed by atoms with Crippen molar-refractivity contribution in [1.82, 2.24) is 5.32 Å². The number of nitrogens with zero attached hydrogens (tertiary/aromatic N) is 1. The fourth-order valence-corrected chi connectivity index (χ4v) is 9.23. The number of unbranched alkanes of at least 4 members (excludes halogenated alkanes) is 33. The molecule has 0 aromatic carbocycles. The molecule has 410 valence electrons. The minimum atomic E-state index is -4.61. The maximum Gasteiger partial charge on any atom is 0.268 e. The Bertz CT molecular complexity index is 1320. The molecule has 9 heteroatoms. The largest absolute Gasteiger partial charge is 0.756 e. The van der Waals surface area contributed by atoms with E-state index in [0.29, 0.717) is 17.4 Å². The van der Waals surface area contributed by atoms with Gasteiger partial charge in [-0.15, -0.1) is 0 Å². The van der Waals surface area contributed by atoms with Gasteiger partial charge >= 0.3 is 0 Å². The van der Waals surface area contributed by atoms with Crippen LogP contribution in [0.5, 0.6) is 0 Å². The summed E-state index contributed by atoms with van der Waals surface area (Å²) >= 11 is 0. The topological polar surface area (TPSA) is 108 Å². The molecule has 0 aliphatic heterocycles. The van der Waals surface area contributed by atoms with Gasteiger partial charge in [-0.25, -0.2) is 0 Å². The third-order valence-corrected chi connectivity index (χ3v) is 14.1. The van der Waals surface area contributed by atoms with Crippen LogP contribution in [0.3, 0.4) is 0 Å². The molecule has 0 saturated heterocycles. The van der Waals surface area contributed by atoms with E-state index < -0.39 is 26.6 Å². The molecule has 3 atom stereocenters. The van der Waals surface area contributed by atoms with Gasteiger partial charge in [-0.1, -0.05) is 248 Å². The number of aliphatic hydroxyl groups is 1. The lowest BCUT2D eigenvalue weighted by Gasteiger charge is -2.29. The highest BCUT2D eigenvalue weighted by atomic mass is 31.2. The van der Waals surface area contributed by atoms with Crippen molar-refractivity contribution in [2.45, 2.75) is 283 Å². The first kappa shape index (κ1) is 68.2. The van der Waals surface area contributed by atoms with E-state index in [1.165, 1.54) is 199 Å². The quantitative estimate of drug-likeness (QED) is 0.0272. The first-order chi connectivity index (χ1) is 34.0. The highest BCUT2D eigenvalue weighted by molar-refractivity contribution is 7.45. The second kappa shape index (κ2) is 52.1. The molecule has 0 bridgehead atoms. The lowest BCUT2D eigenvalue weighted by atomic mass is 10.0. The van der Waals surface area contributed by atoms with E-state index >= 15 is 0 Å². The molecule has 0 fully saturated rings. The normalized spacial score (nSPS) is 14.3. The molecule has 2 N–H and O–H groups in total. The van der Waals surface area contributed by atoms with Crippen molar-refractivity contribution in [3.63, 3.8) is 0 Å². The molecule has 0 saturated carbocycles. The zero-order valence-electron chi connectivity index (χ0n) is 46.7. The summed E-state index contributed by atoms with van der Waals surface area (Å²) in [5, 5.41) is 13.9. The molecule has 0 aromatic heterocycles. The molecule has 0 radical (unpaired) electrons. The number of phosphoric acid groups is 1. The van der Waals surface area contributed by atoms with Crippen LogP contribution in [0.4, 0.5) is 0 Å². The summed E-state index contributed by atoms with van der Waals surface area (Å²) in [6.45, 7) is 4.61. The zero-order valence-corrected chi connectivity index (χ0v) is 47.6. The number of carbonyl (C=O) groups is 1. The molecule has 0 aliphatic rings. The monoisotopic (exact) mass is 1000 g/mol. The Hall–Kier alpha value is -1.80. The molecular weight excluding hydrogens is 888 g/mol. The summed E-state index contributed by atoms with van der Waals surface area (Å²) < 4.78 is 23.3. The van der Waals surface area contributed by atoms with Crippen LogP contribution in [-0.2, 0) is 18.4 Å². The van der Waals surface area contributed by atoms with Gasteiger partial charge in [-0.2, -0.15) is 0 Å². The van der Waals surface area contributed by atoms with Crippen LogP contribution in [0, 0.1) is 0 Å². The molecule has 3 unspecified atom stereocenters. The smallest absolute Gasteiger partial charge is 0.268 e. The number of carbonyl (C=O) groups excluding carboxylic acids is 1. The highest BCUT2D eigenvalue weighted by Gasteiger charge is 2.23. The summed E-state index contributed by atoms with van der Waals surface area (Å²) in [4.78, 5) is 25.5. The fourth-order valence-electron chi connectivity index (χ4n) is 8.51. The van der Waals surface area contributed by atoms with E-state index in [1.807, 2.05) is 27.2 Å². The van der Waals surface area contributed by atoms with Crippen molar-refractivity contribution in [2.75, 3.05) is 40.9 Å². The minimum Gasteiger partial charge on any atom is -0.756 e. The number of hydrogen-bond acceptors (Lipinski definition) is 6. The molecular formula is C61H115N2O6P. The Labute approximate surface area is 434 Å². The van der Waals surface area contributed by atoms with E-state index in [2.05, 4.69) is 67.8 Å². The number of allylic oxidation sites excluding steroid dienone is 9. The van der Waals surface area contributed by atoms with Gasteiger partial charge in [0, 0.05) is 6.42 Å². The summed E-state index contributed by atoms with van der Waals surface area (Å²) in [6, 6.07) is -0.915. The average molecular weight is 1000 g/mol. The number of quaternary nitrogens is 1. The Kier molecular flexibility index (Phi) is 50.7. The second-order valence-corrected chi connectivity index (χ2v) is 22.7. The number of phosphoric ester groups is 1. The Morgan fingerprint density at radius 2 is 0.843 bits per heavy atom. The standard InChI is InChI=1S/C61H115N2O6P/c1-6-8-10-12-14-16-18-20-22-24-26-27-28-29-30-31-32-33-34-35-37-38-40-42-44-46-48-50-52-54-60(64)59(58-69-70(66,67)68-57-56-63(3,4)5)62-61(65)55-53-51-49-47-45-43-41-39-36-25-23-21-19-17-15-13-11-9-7-2/h15,17,21,23,37-38,44,46,52,54,59-60,64H,6-14,16,18-20,22,24-36,39-43,45,47-51,53,55-58H2,1-5H3,(H-,62,65,66,67)/b17-15-,23-21-,38-37+,46-44+,54-52+. The predicted octanol–water partition coefficient (Wildman–Crippen LogP) is 17.5. The number of likely N-dealkylation sites (N-methyl/N-ethyl adjacent to an activating group) is 1. The van der Waals surface area contributed by atoms with Crippen LogP contribution in [-0.4, -0.2) is 68.5 Å². The summed E-state index contributed by atoms with van der Waals surface area (Å²) in [5.41, 5.74) is 0. The van der Waals surface area contributed by atoms with Crippen LogP contribution in [0.25, 0.3) is 0 Å². The first-order valence-corrected chi connectivity index (χ1v) is 31.1. The van der Waals surface area contributed by atoms with E-state index in [9.17, 15) is 19.4 Å². The van der Waals surface area contributed by atoms with Gasteiger partial charge in [0.05, 0.1) is 39.9 Å². The first-order valence-electron chi connectivity index (χ1n) is 29.7. The molecule has 8 nitrogen and oxygen atoms in total. The summed E-state index contributed by atoms with van der Waals surface area (Å²) in [7, 11) is 1.23. The van der Waals surface area contributed by atoms with E-state index in [1.54, 1.807) is 6.08 Å². The van der Waals surface area contributed by atoms with E-state index in [4.69, 9.17) is 9.05 Å². The maximum atomic E-state index is 13.0. The van der Waals surface area contributed by atoms with Crippen molar-refractivity contribution in [2.24, 2.45) is 0 Å². The molecule has 1 amide bonds. The van der Waals surface area contributed by atoms with E-state index in [0.717, 1.165) is 51.4 Å². The SMILES string of the molecule is CCCCC/C=C\C/C=C\CCCCCCCCCCCC(=O)NC(COP(=O)([O-])OCC[N+](C)(C)C)C(O)/C=C/CC/C=C/CC/C=C/CCCCCCCCCCCCCCCCCCCCC. The molecule has 70 heavy (non-hydrogen) atoms. The summed E-state index contributed by atoms with van der Waals surface area (Å²) in [5.74, 6) is -0.215. The van der Waals surface area contributed by atoms with Gasteiger partial charge in [-0.3, -0.25) is 9.36 Å². The van der Waals surface area contributed by atoms with Crippen molar-refractivity contribution in [1.29, 1.82) is 0 Å². The Balaban J connectivity index is 4.25. The lowest BCUT2D eigenvalue weighted by molar-refractivity contribution is -0.870. The van der Waals surface area contributed by atoms with E-state index in [-0.39, 0.29) is 12.5 Å². The predicted molar refractivity (Wildman–Crippen MR) is 302 cm³/mol. The number of amides is 1. The minimum absolute atomic E-state index is 0.0115. The van der Waals surface area contributed by atoms with Crippen LogP contribution in [0.2, 0.25) is 0 Å². The molecule has 0 rings (SSSR count). The van der Waals surface area contributed by atoms with Gasteiger partial charge in [0.2, 0.25) is 5.91 Å². The number of nitrogens with one attached hydrogen (secondary N) is 1. The van der Waals surface area contributed by atoms with Gasteiger partial charge in [-0.05, 0) is 77.0 Å². The maximum absolute atomic E-state index is 13.0. The summed E-state index contributed by atoms with van der Waals surface area (Å²) in [6.07, 6.45) is 70.3. The van der Waals surface area contributed by atoms with Gasteiger partial charge in [0.25, 0.3) is 7.82 Å². The van der Waals surface area contributed by atoms with Crippen molar-refractivity contribution < 1.29 is 32.9 Å². The van der Waals surface area contributed by atoms with Gasteiger partial charge in [0.15, 0.2) is 0 Å². The van der Waals surface area contributed by atoms with Crippen molar-refractivity contribution >= 4 is 13.7 Å². The number of hydrogen-bond donors (Lipinski definition) is 2. The molecule has 0 aliphatic carbocycles. The second-order valence-electron chi connectivity index (χ2n) is 21.3. The zero-order chi connectivity index (χ0) is 51.3. The molecule has 0 spiro atoms. The fraction of sp³-hybridized carbons (Fsp3) is 0.820. The highest BCUT2D eigenvalue weighted by Crippen LogP contribution is 2.38. The van der Waals surface area contributed by atoms with Crippen molar-refractivity contribution in [3.05, 3.63) is 60.8 Å². The Morgan fingerprint density at radius 1 is 0.500 bits per heavy atom. The third-order valence-electron chi connectivity index (χ3n) is 13.2. The number of rotatable bonds is 54. The van der Waals surface area contributed by atoms with Crippen LogP contribution in [0.1, 0.15) is 271 Å². The Morgan fingerprint density at radius 3 is 1.27 bits per heavy atom. The van der Waals surface area contributed by atoms with Crippen LogP contribution in [0.15, 0.2) is 60.8 Å². The molecule has 0 aromatic rings. The van der Waals surface area contributed by atoms with Crippen LogP contribution >= 0.6 is 7.82 Å². The molecule has 0 heterocycles.